The zero-order valence-corrected chi connectivity index (χ0v) is 11.4. The molecular formula is C14H19BN2O. The molecule has 0 radical (unpaired) electrons. The topological polar surface area (TPSA) is 37.9 Å². The van der Waals surface area contributed by atoms with Crippen LogP contribution in [0.15, 0.2) is 24.5 Å². The zero-order valence-electron chi connectivity index (χ0n) is 11.4. The minimum Gasteiger partial charge on any atom is -0.425 e. The van der Waals surface area contributed by atoms with Crippen molar-refractivity contribution in [3.05, 3.63) is 24.5 Å². The molecule has 0 aromatic carbocycles. The maximum absolute atomic E-state index is 6.22. The molecular weight excluding hydrogens is 223 g/mol. The average molecular weight is 242 g/mol. The minimum absolute atomic E-state index is 0.0949. The summed E-state index contributed by atoms with van der Waals surface area (Å²) >= 11 is 0. The van der Waals surface area contributed by atoms with Crippen molar-refractivity contribution in [1.82, 2.24) is 9.97 Å². The van der Waals surface area contributed by atoms with Crippen molar-refractivity contribution in [2.75, 3.05) is 0 Å². The van der Waals surface area contributed by atoms with Crippen molar-refractivity contribution in [1.29, 1.82) is 0 Å². The fourth-order valence-corrected chi connectivity index (χ4v) is 2.58. The van der Waals surface area contributed by atoms with Crippen LogP contribution in [0.5, 0.6) is 0 Å². The molecule has 4 heteroatoms. The lowest BCUT2D eigenvalue weighted by Crippen LogP contribution is -2.36. The largest absolute Gasteiger partial charge is 0.425 e. The van der Waals surface area contributed by atoms with Gasteiger partial charge in [-0.25, -0.2) is 0 Å². The molecule has 2 aromatic rings. The molecule has 1 aliphatic heterocycles. The van der Waals surface area contributed by atoms with E-state index >= 15 is 0 Å². The number of hydrogen-bond donors (Lipinski definition) is 1. The molecule has 0 saturated carbocycles. The molecule has 1 saturated heterocycles. The molecule has 2 aromatic heterocycles. The lowest BCUT2D eigenvalue weighted by atomic mass is 9.54. The van der Waals surface area contributed by atoms with Crippen LogP contribution < -0.4 is 5.46 Å². The summed E-state index contributed by atoms with van der Waals surface area (Å²) < 4.78 is 6.22. The van der Waals surface area contributed by atoms with E-state index < -0.39 is 0 Å². The monoisotopic (exact) mass is 242 g/mol. The number of hydrogen-bond acceptors (Lipinski definition) is 2. The van der Waals surface area contributed by atoms with E-state index in [2.05, 4.69) is 43.7 Å². The van der Waals surface area contributed by atoms with Crippen LogP contribution in [0.1, 0.15) is 27.7 Å². The second-order valence-corrected chi connectivity index (χ2v) is 6.38. The van der Waals surface area contributed by atoms with E-state index in [0.717, 1.165) is 17.4 Å². The van der Waals surface area contributed by atoms with E-state index in [4.69, 9.17) is 4.65 Å². The third-order valence-electron chi connectivity index (χ3n) is 4.55. The van der Waals surface area contributed by atoms with Gasteiger partial charge in [0.15, 0.2) is 0 Å². The summed E-state index contributed by atoms with van der Waals surface area (Å²) in [5.41, 5.74) is 3.35. The van der Waals surface area contributed by atoms with Gasteiger partial charge in [-0.2, -0.15) is 0 Å². The summed E-state index contributed by atoms with van der Waals surface area (Å²) in [5, 5.41) is 0. The van der Waals surface area contributed by atoms with Gasteiger partial charge in [0.1, 0.15) is 0 Å². The zero-order chi connectivity index (χ0) is 13.0. The van der Waals surface area contributed by atoms with E-state index in [1.54, 1.807) is 0 Å². The highest BCUT2D eigenvalue weighted by atomic mass is 16.5. The first-order chi connectivity index (χ1) is 8.39. The summed E-state index contributed by atoms with van der Waals surface area (Å²) in [6.07, 6.45) is 4.90. The Labute approximate surface area is 108 Å². The molecule has 1 aliphatic rings. The van der Waals surface area contributed by atoms with Crippen molar-refractivity contribution in [2.45, 2.75) is 39.6 Å². The standard InChI is InChI=1S/C14H19BN2O/c1-13(2)9-15(18-14(13,3)4)10-7-12-11(17-8-10)5-6-16-12/h5-8,16H,9H2,1-4H3. The van der Waals surface area contributed by atoms with Crippen LogP contribution >= 0.6 is 0 Å². The maximum Gasteiger partial charge on any atom is 0.329 e. The number of rotatable bonds is 1. The predicted octanol–water partition coefficient (Wildman–Crippen LogP) is 2.60. The minimum atomic E-state index is -0.0949. The third kappa shape index (κ3) is 1.67. The third-order valence-corrected chi connectivity index (χ3v) is 4.55. The Kier molecular flexibility index (Phi) is 2.36. The number of pyridine rings is 1. The van der Waals surface area contributed by atoms with Crippen molar-refractivity contribution in [3.8, 4) is 0 Å². The molecule has 94 valence electrons. The Balaban J connectivity index is 1.96. The van der Waals surface area contributed by atoms with Crippen molar-refractivity contribution in [3.63, 3.8) is 0 Å². The average Bonchev–Trinajstić information content (AvgIpc) is 2.80. The van der Waals surface area contributed by atoms with E-state index in [0.29, 0.717) is 0 Å². The van der Waals surface area contributed by atoms with Crippen molar-refractivity contribution >= 4 is 23.4 Å². The Bertz CT molecular complexity index is 572. The Morgan fingerprint density at radius 3 is 2.78 bits per heavy atom. The number of aromatic amines is 1. The van der Waals surface area contributed by atoms with Gasteiger partial charge in [-0.05, 0) is 43.2 Å². The number of fused-ring (bicyclic) bond motifs is 1. The van der Waals surface area contributed by atoms with Crippen LogP contribution in [-0.4, -0.2) is 22.5 Å². The summed E-state index contributed by atoms with van der Waals surface area (Å²) in [7, 11) is 0. The first-order valence-electron chi connectivity index (χ1n) is 6.50. The molecule has 3 heterocycles. The molecule has 0 unspecified atom stereocenters. The molecule has 18 heavy (non-hydrogen) atoms. The van der Waals surface area contributed by atoms with E-state index in [1.165, 1.54) is 5.46 Å². The summed E-state index contributed by atoms with van der Waals surface area (Å²) in [6, 6.07) is 4.15. The van der Waals surface area contributed by atoms with Gasteiger partial charge in [0.2, 0.25) is 0 Å². The van der Waals surface area contributed by atoms with Crippen molar-refractivity contribution in [2.24, 2.45) is 5.41 Å². The maximum atomic E-state index is 6.22. The molecule has 0 atom stereocenters. The molecule has 1 N–H and O–H groups in total. The second kappa shape index (κ2) is 3.61. The van der Waals surface area contributed by atoms with Gasteiger partial charge in [-0.1, -0.05) is 13.8 Å². The van der Waals surface area contributed by atoms with Crippen LogP contribution in [0.2, 0.25) is 6.32 Å². The highest BCUT2D eigenvalue weighted by Gasteiger charge is 2.49. The Morgan fingerprint density at radius 2 is 2.11 bits per heavy atom. The van der Waals surface area contributed by atoms with Gasteiger partial charge in [-0.15, -0.1) is 0 Å². The first kappa shape index (κ1) is 11.8. The van der Waals surface area contributed by atoms with Gasteiger partial charge in [0.25, 0.3) is 0 Å². The van der Waals surface area contributed by atoms with Gasteiger partial charge in [-0.3, -0.25) is 4.98 Å². The highest BCUT2D eigenvalue weighted by molar-refractivity contribution is 6.68. The molecule has 3 rings (SSSR count). The van der Waals surface area contributed by atoms with Crippen LogP contribution in [-0.2, 0) is 4.65 Å². The van der Waals surface area contributed by atoms with Crippen LogP contribution in [0.4, 0.5) is 0 Å². The van der Waals surface area contributed by atoms with Gasteiger partial charge in [0, 0.05) is 12.4 Å². The van der Waals surface area contributed by atoms with E-state index in [1.807, 2.05) is 18.5 Å². The lowest BCUT2D eigenvalue weighted by molar-refractivity contribution is 0.0375. The quantitative estimate of drug-likeness (QED) is 0.780. The Morgan fingerprint density at radius 1 is 1.33 bits per heavy atom. The summed E-state index contributed by atoms with van der Waals surface area (Å²) in [4.78, 5) is 7.68. The lowest BCUT2D eigenvalue weighted by Gasteiger charge is -2.34. The Hall–Kier alpha value is -1.29. The predicted molar refractivity (Wildman–Crippen MR) is 75.2 cm³/mol. The number of aromatic nitrogens is 2. The number of nitrogens with zero attached hydrogens (tertiary/aromatic N) is 1. The molecule has 1 fully saturated rings. The fraction of sp³-hybridized carbons (Fsp3) is 0.500. The summed E-state index contributed by atoms with van der Waals surface area (Å²) in [6.45, 7) is 9.04. The molecule has 0 amide bonds. The smallest absolute Gasteiger partial charge is 0.329 e. The first-order valence-corrected chi connectivity index (χ1v) is 6.50. The normalized spacial score (nSPS) is 21.7. The van der Waals surface area contributed by atoms with E-state index in [-0.39, 0.29) is 17.9 Å². The van der Waals surface area contributed by atoms with Crippen LogP contribution in [0.25, 0.3) is 11.0 Å². The molecule has 3 nitrogen and oxygen atoms in total. The highest BCUT2D eigenvalue weighted by Crippen LogP contribution is 2.45. The van der Waals surface area contributed by atoms with Gasteiger partial charge < -0.3 is 9.64 Å². The van der Waals surface area contributed by atoms with E-state index in [9.17, 15) is 0 Å². The van der Waals surface area contributed by atoms with Crippen LogP contribution in [0, 0.1) is 5.41 Å². The SMILES string of the molecule is CC1(C)CB(c2cnc3cc[nH]c3c2)OC1(C)C. The molecule has 0 aliphatic carbocycles. The van der Waals surface area contributed by atoms with Crippen molar-refractivity contribution < 1.29 is 4.65 Å². The molecule has 0 bridgehead atoms. The number of nitrogens with one attached hydrogen (secondary N) is 1. The van der Waals surface area contributed by atoms with Gasteiger partial charge >= 0.3 is 6.92 Å². The summed E-state index contributed by atoms with van der Waals surface area (Å²) in [5.74, 6) is 0. The number of H-pyrrole nitrogens is 1. The molecule has 0 spiro atoms. The second-order valence-electron chi connectivity index (χ2n) is 6.38. The van der Waals surface area contributed by atoms with Gasteiger partial charge in [0.05, 0.1) is 16.6 Å². The fourth-order valence-electron chi connectivity index (χ4n) is 2.58. The van der Waals surface area contributed by atoms with Crippen LogP contribution in [0.3, 0.4) is 0 Å².